The van der Waals surface area contributed by atoms with Crippen LogP contribution in [0.2, 0.25) is 0 Å². The molecule has 278 valence electrons. The molecule has 1 unspecified atom stereocenters. The van der Waals surface area contributed by atoms with E-state index in [1.807, 2.05) is 12.1 Å². The number of hydrogen-bond acceptors (Lipinski definition) is 0. The van der Waals surface area contributed by atoms with E-state index in [2.05, 4.69) is 130 Å². The third-order valence-electron chi connectivity index (χ3n) is 12.2. The number of hydrogen-bond donors (Lipinski definition) is 0. The van der Waals surface area contributed by atoms with Crippen LogP contribution in [0, 0.1) is 23.0 Å². The first-order valence-electron chi connectivity index (χ1n) is 19.0. The van der Waals surface area contributed by atoms with Crippen LogP contribution in [-0.2, 0) is 32.1 Å². The summed E-state index contributed by atoms with van der Waals surface area (Å²) >= 11 is -3.35. The van der Waals surface area contributed by atoms with Gasteiger partial charge < -0.3 is 24.8 Å². The molecule has 0 nitrogen and oxygen atoms in total. The zero-order chi connectivity index (χ0) is 37.1. The normalized spacial score (nSPS) is 18.5. The molecule has 0 heterocycles. The van der Waals surface area contributed by atoms with E-state index in [-0.39, 0.29) is 62.2 Å². The summed E-state index contributed by atoms with van der Waals surface area (Å²) in [6.07, 6.45) is 10.9. The zero-order valence-electron chi connectivity index (χ0n) is 33.1. The molecule has 0 fully saturated rings. The molecule has 0 saturated heterocycles. The van der Waals surface area contributed by atoms with Gasteiger partial charge in [0.25, 0.3) is 0 Å². The summed E-state index contributed by atoms with van der Waals surface area (Å²) in [6, 6.07) is 24.3. The summed E-state index contributed by atoms with van der Waals surface area (Å²) in [6.45, 7) is 23.1. The van der Waals surface area contributed by atoms with Crippen molar-refractivity contribution in [3.8, 4) is 11.1 Å². The van der Waals surface area contributed by atoms with Crippen molar-refractivity contribution in [2.24, 2.45) is 11.3 Å². The Morgan fingerprint density at radius 2 is 1.15 bits per heavy atom. The monoisotopic (exact) mass is 836 g/mol. The molecule has 0 radical (unpaired) electrons. The standard InChI is InChI=1S/C25H25.C13H8F2.C11H17.2ClH.Zr/c1-14-12-24(3,4)22-8-16-7-17-9-23-19(15(2)13-25(23,5)6)11-21(17)20(16)10-18(14)22;14-12-5-1-3-10(8-12)7-11-4-2-6-13(15)9-11;1-5-9-6-7-10(8-9)11(2,3)4;;;/h7-13H,1-6H3;1-6,8-9H;7-9H,5H2,1-4H3;2*1H;/q;;;;;+2/p-2. The van der Waals surface area contributed by atoms with Crippen LogP contribution < -0.4 is 24.8 Å². The van der Waals surface area contributed by atoms with E-state index >= 15 is 8.78 Å². The first-order valence-corrected chi connectivity index (χ1v) is 22.8. The van der Waals surface area contributed by atoms with Gasteiger partial charge in [-0.2, -0.15) is 0 Å². The minimum atomic E-state index is -3.35. The molecule has 5 heteroatoms. The van der Waals surface area contributed by atoms with Gasteiger partial charge in [0, 0.05) is 0 Å². The molecule has 0 bridgehead atoms. The number of rotatable bonds is 5. The van der Waals surface area contributed by atoms with Gasteiger partial charge in [-0.05, 0) is 0 Å². The first-order chi connectivity index (χ1) is 24.5. The van der Waals surface area contributed by atoms with Gasteiger partial charge in [-0.25, -0.2) is 0 Å². The summed E-state index contributed by atoms with van der Waals surface area (Å²) < 4.78 is 33.6. The van der Waals surface area contributed by atoms with Crippen molar-refractivity contribution in [3.63, 3.8) is 0 Å². The average Bonchev–Trinajstić information content (AvgIpc) is 3.76. The zero-order valence-corrected chi connectivity index (χ0v) is 37.1. The van der Waals surface area contributed by atoms with E-state index in [1.165, 1.54) is 79.8 Å². The van der Waals surface area contributed by atoms with Gasteiger partial charge >= 0.3 is 319 Å². The van der Waals surface area contributed by atoms with Crippen LogP contribution >= 0.6 is 0 Å². The molecule has 8 rings (SSSR count). The van der Waals surface area contributed by atoms with Gasteiger partial charge in [-0.3, -0.25) is 0 Å². The third-order valence-corrected chi connectivity index (χ3v) is 20.7. The molecule has 0 amide bonds. The van der Waals surface area contributed by atoms with Crippen molar-refractivity contribution in [1.29, 1.82) is 0 Å². The Hall–Kier alpha value is -2.97. The smallest absolute Gasteiger partial charge is 1.00 e. The molecule has 0 saturated carbocycles. The van der Waals surface area contributed by atoms with E-state index in [0.717, 1.165) is 17.5 Å². The second-order valence-corrected chi connectivity index (χ2v) is 23.9. The Morgan fingerprint density at radius 3 is 1.56 bits per heavy atom. The van der Waals surface area contributed by atoms with Crippen molar-refractivity contribution >= 4 is 14.4 Å². The van der Waals surface area contributed by atoms with Gasteiger partial charge in [-0.1, -0.05) is 0 Å². The number of benzene rings is 4. The summed E-state index contributed by atoms with van der Waals surface area (Å²) in [7, 11) is 0. The number of allylic oxidation sites excluding steroid dienone is 8. The van der Waals surface area contributed by atoms with E-state index in [9.17, 15) is 0 Å². The second-order valence-electron chi connectivity index (χ2n) is 17.8. The molecule has 4 aliphatic carbocycles. The number of fused-ring (bicyclic) bond motifs is 5. The van der Waals surface area contributed by atoms with Crippen LogP contribution in [0.5, 0.6) is 0 Å². The fourth-order valence-electron chi connectivity index (χ4n) is 9.70. The Labute approximate surface area is 341 Å². The van der Waals surface area contributed by atoms with Crippen molar-refractivity contribution in [2.45, 2.75) is 90.1 Å². The predicted molar refractivity (Wildman–Crippen MR) is 212 cm³/mol. The molecular formula is C49H50Cl2F2Zr. The Kier molecular flexibility index (Phi) is 10.7. The van der Waals surface area contributed by atoms with Crippen LogP contribution in [0.1, 0.15) is 124 Å². The van der Waals surface area contributed by atoms with Crippen LogP contribution in [-0.4, -0.2) is 3.21 Å². The Morgan fingerprint density at radius 1 is 0.685 bits per heavy atom. The maximum Gasteiger partial charge on any atom is -1.00 e. The van der Waals surface area contributed by atoms with Gasteiger partial charge in [0.1, 0.15) is 0 Å². The molecule has 0 N–H and O–H groups in total. The van der Waals surface area contributed by atoms with Crippen molar-refractivity contribution in [3.05, 3.63) is 162 Å². The number of halogens is 4. The summed E-state index contributed by atoms with van der Waals surface area (Å²) in [5.41, 5.74) is 16.5. The molecule has 0 aromatic heterocycles. The summed E-state index contributed by atoms with van der Waals surface area (Å²) in [4.78, 5) is 0. The fourth-order valence-corrected chi connectivity index (χ4v) is 19.4. The maximum absolute atomic E-state index is 15.4. The van der Waals surface area contributed by atoms with Gasteiger partial charge in [0.15, 0.2) is 0 Å². The molecular weight excluding hydrogens is 789 g/mol. The van der Waals surface area contributed by atoms with Crippen LogP contribution in [0.25, 0.3) is 22.3 Å². The van der Waals surface area contributed by atoms with Crippen molar-refractivity contribution < 1.29 is 54.9 Å². The SMILES string of the molecule is CCC1C=C(C(C)(C)C)C=[C]1[Zr+2](=[C](c1cccc(F)c1)c1cccc(F)c1)[CH]1c2cc3c(cc2-c2cc4c(cc21)C(C)(C)C=C4C)C(C)=CC3(C)C.[Cl-].[Cl-]. The van der Waals surface area contributed by atoms with Gasteiger partial charge in [0.05, 0.1) is 0 Å². The average molecular weight is 839 g/mol. The minimum absolute atomic E-state index is 0. The second kappa shape index (κ2) is 14.2. The molecule has 4 aromatic rings. The molecule has 0 spiro atoms. The molecule has 54 heavy (non-hydrogen) atoms. The molecule has 0 aliphatic heterocycles. The quantitative estimate of drug-likeness (QED) is 0.200. The van der Waals surface area contributed by atoms with E-state index in [4.69, 9.17) is 0 Å². The molecule has 4 aromatic carbocycles. The molecule has 4 aliphatic rings. The van der Waals surface area contributed by atoms with E-state index in [1.54, 1.807) is 12.1 Å². The summed E-state index contributed by atoms with van der Waals surface area (Å²) in [5.74, 6) is -0.244. The molecule has 1 atom stereocenters. The minimum Gasteiger partial charge on any atom is -1.00 e. The van der Waals surface area contributed by atoms with Gasteiger partial charge in [-0.15, -0.1) is 0 Å². The first kappa shape index (κ1) is 40.7. The maximum atomic E-state index is 15.4. The van der Waals surface area contributed by atoms with Crippen molar-refractivity contribution in [2.75, 3.05) is 0 Å². The Balaban J connectivity index is 0.00000249. The third kappa shape index (κ3) is 6.59. The van der Waals surface area contributed by atoms with Crippen LogP contribution in [0.4, 0.5) is 8.78 Å². The van der Waals surface area contributed by atoms with E-state index in [0.29, 0.717) is 0 Å². The fraction of sp³-hybridized carbons (Fsp3) is 0.327. The summed E-state index contributed by atoms with van der Waals surface area (Å²) in [5, 5.41) is 0. The topological polar surface area (TPSA) is 0 Å². The van der Waals surface area contributed by atoms with E-state index < -0.39 is 21.3 Å². The van der Waals surface area contributed by atoms with Crippen LogP contribution in [0.15, 0.2) is 106 Å². The predicted octanol–water partition coefficient (Wildman–Crippen LogP) is 7.22. The Bertz CT molecular complexity index is 2240. The van der Waals surface area contributed by atoms with Crippen LogP contribution in [0.3, 0.4) is 0 Å². The van der Waals surface area contributed by atoms with Crippen molar-refractivity contribution in [1.82, 2.24) is 0 Å². The van der Waals surface area contributed by atoms with Gasteiger partial charge in [0.2, 0.25) is 0 Å². The largest absolute Gasteiger partial charge is 1.00 e.